The highest BCUT2D eigenvalue weighted by atomic mass is 32.1. The predicted octanol–water partition coefficient (Wildman–Crippen LogP) is 4.94. The number of rotatable bonds is 4. The third-order valence-corrected chi connectivity index (χ3v) is 7.84. The van der Waals surface area contributed by atoms with Crippen molar-refractivity contribution in [2.24, 2.45) is 11.8 Å². The number of nitrogens with one attached hydrogen (secondary N) is 1. The Hall–Kier alpha value is -3.00. The van der Waals surface area contributed by atoms with Crippen molar-refractivity contribution >= 4 is 28.1 Å². The van der Waals surface area contributed by atoms with E-state index in [1.165, 1.54) is 23.9 Å². The molecule has 0 radical (unpaired) electrons. The Labute approximate surface area is 190 Å². The molecule has 3 aromatic heterocycles. The number of aryl methyl sites for hydroxylation is 2. The fraction of sp³-hybridized carbons (Fsp3) is 0.375. The van der Waals surface area contributed by atoms with Crippen molar-refractivity contribution < 1.29 is 4.39 Å². The molecule has 2 fully saturated rings. The first-order valence-electron chi connectivity index (χ1n) is 11.1. The van der Waals surface area contributed by atoms with Crippen molar-refractivity contribution in [1.29, 1.82) is 0 Å². The fourth-order valence-electron chi connectivity index (χ4n) is 5.39. The molecule has 1 saturated heterocycles. The van der Waals surface area contributed by atoms with Crippen molar-refractivity contribution in [2.75, 3.05) is 23.3 Å². The number of halogens is 1. The highest BCUT2D eigenvalue weighted by molar-refractivity contribution is 7.10. The van der Waals surface area contributed by atoms with Gasteiger partial charge < -0.3 is 10.2 Å². The Morgan fingerprint density at radius 3 is 2.59 bits per heavy atom. The molecule has 0 amide bonds. The Morgan fingerprint density at radius 1 is 1.06 bits per heavy atom. The average molecular weight is 449 g/mol. The van der Waals surface area contributed by atoms with Crippen LogP contribution in [-0.4, -0.2) is 38.1 Å². The fourth-order valence-corrected chi connectivity index (χ4v) is 6.17. The first-order chi connectivity index (χ1) is 15.5. The van der Waals surface area contributed by atoms with Gasteiger partial charge in [0.05, 0.1) is 5.69 Å². The minimum Gasteiger partial charge on any atom is -0.361 e. The summed E-state index contributed by atoms with van der Waals surface area (Å²) in [6, 6.07) is 11.4. The summed E-state index contributed by atoms with van der Waals surface area (Å²) in [5.41, 5.74) is 4.71. The zero-order chi connectivity index (χ0) is 21.8. The second-order valence-electron chi connectivity index (χ2n) is 9.06. The van der Waals surface area contributed by atoms with Crippen LogP contribution in [0.15, 0.2) is 42.6 Å². The summed E-state index contributed by atoms with van der Waals surface area (Å²) in [5.74, 6) is 1.58. The molecule has 1 aliphatic carbocycles. The van der Waals surface area contributed by atoms with Crippen LogP contribution in [-0.2, 0) is 0 Å². The van der Waals surface area contributed by atoms with E-state index in [0.717, 1.165) is 41.1 Å². The van der Waals surface area contributed by atoms with Crippen molar-refractivity contribution in [1.82, 2.24) is 19.0 Å². The number of hydrogen-bond donors (Lipinski definition) is 1. The van der Waals surface area contributed by atoms with Crippen molar-refractivity contribution in [3.8, 4) is 11.1 Å². The highest BCUT2D eigenvalue weighted by Gasteiger charge is 2.43. The largest absolute Gasteiger partial charge is 0.361 e. The maximum absolute atomic E-state index is 13.6. The van der Waals surface area contributed by atoms with E-state index in [1.807, 2.05) is 35.8 Å². The van der Waals surface area contributed by atoms with Crippen LogP contribution >= 0.6 is 11.5 Å². The Bertz CT molecular complexity index is 1280. The summed E-state index contributed by atoms with van der Waals surface area (Å²) in [6.45, 7) is 6.07. The van der Waals surface area contributed by atoms with Gasteiger partial charge in [-0.25, -0.2) is 8.91 Å². The van der Waals surface area contributed by atoms with Crippen LogP contribution in [0.5, 0.6) is 0 Å². The number of nitrogens with zero attached hydrogens (tertiary/aromatic N) is 5. The molecule has 1 aliphatic heterocycles. The van der Waals surface area contributed by atoms with Crippen molar-refractivity contribution in [3.63, 3.8) is 0 Å². The molecule has 3 atom stereocenters. The smallest absolute Gasteiger partial charge is 0.243 e. The summed E-state index contributed by atoms with van der Waals surface area (Å²) in [4.78, 5) is 7.35. The molecule has 1 saturated carbocycles. The molecule has 4 aromatic rings. The Kier molecular flexibility index (Phi) is 4.64. The second-order valence-corrected chi connectivity index (χ2v) is 9.85. The zero-order valence-corrected chi connectivity index (χ0v) is 18.9. The molecule has 8 heteroatoms. The number of benzene rings is 1. The first-order valence-corrected chi connectivity index (χ1v) is 11.9. The molecule has 6 rings (SSSR count). The monoisotopic (exact) mass is 448 g/mol. The van der Waals surface area contributed by atoms with Gasteiger partial charge in [-0.2, -0.15) is 9.36 Å². The lowest BCUT2D eigenvalue weighted by Crippen LogP contribution is -2.48. The van der Waals surface area contributed by atoms with E-state index in [2.05, 4.69) is 27.6 Å². The van der Waals surface area contributed by atoms with Gasteiger partial charge in [-0.1, -0.05) is 6.07 Å². The molecule has 0 unspecified atom stereocenters. The average Bonchev–Trinajstić information content (AvgIpc) is 3.44. The minimum absolute atomic E-state index is 0.225. The summed E-state index contributed by atoms with van der Waals surface area (Å²) in [5, 5.41) is 9.67. The van der Waals surface area contributed by atoms with Gasteiger partial charge in [0.1, 0.15) is 10.8 Å². The van der Waals surface area contributed by atoms with E-state index < -0.39 is 0 Å². The Balaban J connectivity index is 1.27. The summed E-state index contributed by atoms with van der Waals surface area (Å²) >= 11 is 1.60. The number of aromatic nitrogens is 4. The molecule has 6 nitrogen and oxygen atoms in total. The molecular formula is C24H25FN6S. The standard InChI is InChI=1S/C24H25FN6S/c1-14-10-18(25)7-8-19(14)20-4-3-9-31-23(20)27-24(28-31)26-22-16-5-6-17(22)13-30(12-16)21-11-15(2)29-32-21/h3-4,7-11,16-17,22H,5-6,12-13H2,1-2H3,(H,26,28)/t16-,17+,22-. The van der Waals surface area contributed by atoms with Gasteiger partial charge in [-0.15, -0.1) is 5.10 Å². The van der Waals surface area contributed by atoms with Crippen LogP contribution in [0.1, 0.15) is 24.1 Å². The van der Waals surface area contributed by atoms with E-state index in [-0.39, 0.29) is 5.82 Å². The molecule has 1 aromatic carbocycles. The molecule has 32 heavy (non-hydrogen) atoms. The van der Waals surface area contributed by atoms with E-state index in [1.54, 1.807) is 17.6 Å². The topological polar surface area (TPSA) is 58.4 Å². The SMILES string of the molecule is Cc1cc(N2C[C@H]3CC[C@@H](C2)[C@@H]3Nc2nc3c(-c4ccc(F)cc4C)cccn3n2)sn1. The molecule has 2 aliphatic rings. The quantitative estimate of drug-likeness (QED) is 0.479. The second kappa shape index (κ2) is 7.55. The molecular weight excluding hydrogens is 423 g/mol. The molecule has 2 bridgehead atoms. The molecule has 1 N–H and O–H groups in total. The maximum atomic E-state index is 13.6. The van der Waals surface area contributed by atoms with Gasteiger partial charge in [0.25, 0.3) is 0 Å². The molecule has 0 spiro atoms. The van der Waals surface area contributed by atoms with E-state index in [9.17, 15) is 4.39 Å². The summed E-state index contributed by atoms with van der Waals surface area (Å²) in [7, 11) is 0. The van der Waals surface area contributed by atoms with Crippen molar-refractivity contribution in [3.05, 3.63) is 59.7 Å². The van der Waals surface area contributed by atoms with Crippen LogP contribution in [0.4, 0.5) is 15.3 Å². The normalized spacial score (nSPS) is 22.6. The van der Waals surface area contributed by atoms with Gasteiger partial charge in [0.15, 0.2) is 5.65 Å². The lowest BCUT2D eigenvalue weighted by molar-refractivity contribution is 0.377. The van der Waals surface area contributed by atoms with Crippen LogP contribution in [0.2, 0.25) is 0 Å². The molecule has 164 valence electrons. The zero-order valence-electron chi connectivity index (χ0n) is 18.1. The number of piperidine rings is 1. The van der Waals surface area contributed by atoms with Gasteiger partial charge >= 0.3 is 0 Å². The third kappa shape index (κ3) is 3.33. The van der Waals surface area contributed by atoms with Crippen LogP contribution < -0.4 is 10.2 Å². The van der Waals surface area contributed by atoms with Crippen molar-refractivity contribution in [2.45, 2.75) is 32.7 Å². The van der Waals surface area contributed by atoms with E-state index in [4.69, 9.17) is 10.1 Å². The first kappa shape index (κ1) is 19.7. The van der Waals surface area contributed by atoms with Gasteiger partial charge in [-0.05, 0) is 91.5 Å². The number of anilines is 2. The lowest BCUT2D eigenvalue weighted by Gasteiger charge is -2.38. The number of hydrogen-bond acceptors (Lipinski definition) is 6. The lowest BCUT2D eigenvalue weighted by atomic mass is 9.92. The van der Waals surface area contributed by atoms with E-state index >= 15 is 0 Å². The summed E-state index contributed by atoms with van der Waals surface area (Å²) in [6.07, 6.45) is 4.37. The molecule has 4 heterocycles. The van der Waals surface area contributed by atoms with Crippen LogP contribution in [0.25, 0.3) is 16.8 Å². The van der Waals surface area contributed by atoms with Gasteiger partial charge in [0.2, 0.25) is 5.95 Å². The van der Waals surface area contributed by atoms with Crippen LogP contribution in [0, 0.1) is 31.5 Å². The minimum atomic E-state index is -0.225. The Morgan fingerprint density at radius 2 is 1.88 bits per heavy atom. The van der Waals surface area contributed by atoms with Crippen LogP contribution in [0.3, 0.4) is 0 Å². The third-order valence-electron chi connectivity index (χ3n) is 6.90. The maximum Gasteiger partial charge on any atom is 0.243 e. The number of fused-ring (bicyclic) bond motifs is 3. The summed E-state index contributed by atoms with van der Waals surface area (Å²) < 4.78 is 19.9. The number of pyridine rings is 1. The van der Waals surface area contributed by atoms with E-state index in [0.29, 0.717) is 23.8 Å². The van der Waals surface area contributed by atoms with Gasteiger partial charge in [-0.3, -0.25) is 0 Å². The van der Waals surface area contributed by atoms with Gasteiger partial charge in [0, 0.05) is 30.9 Å². The predicted molar refractivity (Wildman–Crippen MR) is 126 cm³/mol. The highest BCUT2D eigenvalue weighted by Crippen LogP contribution is 2.41.